The minimum Gasteiger partial charge on any atom is -0.493 e. The molecule has 0 aliphatic carbocycles. The Labute approximate surface area is 154 Å². The SMILES string of the molecule is CCOC(=O)c1oc2c(OC)ccc3c2c1NC(=O)C=C3c1cccnc1. The summed E-state index contributed by atoms with van der Waals surface area (Å²) in [6.45, 7) is 1.89. The van der Waals surface area contributed by atoms with Crippen LogP contribution in [0.15, 0.2) is 47.2 Å². The summed E-state index contributed by atoms with van der Waals surface area (Å²) in [5.74, 6) is -0.641. The Balaban J connectivity index is 2.04. The van der Waals surface area contributed by atoms with Crippen molar-refractivity contribution >= 4 is 34.1 Å². The van der Waals surface area contributed by atoms with E-state index in [0.717, 1.165) is 11.1 Å². The maximum atomic E-state index is 12.5. The molecule has 1 amide bonds. The molecule has 7 nitrogen and oxygen atoms in total. The van der Waals surface area contributed by atoms with Gasteiger partial charge >= 0.3 is 5.97 Å². The zero-order valence-corrected chi connectivity index (χ0v) is 14.7. The Morgan fingerprint density at radius 2 is 2.15 bits per heavy atom. The molecular formula is C20H16N2O5. The van der Waals surface area contributed by atoms with E-state index < -0.39 is 5.97 Å². The van der Waals surface area contributed by atoms with E-state index in [9.17, 15) is 9.59 Å². The molecule has 3 heterocycles. The predicted octanol–water partition coefficient (Wildman–Crippen LogP) is 3.40. The van der Waals surface area contributed by atoms with Crippen LogP contribution in [0.3, 0.4) is 0 Å². The van der Waals surface area contributed by atoms with E-state index in [-0.39, 0.29) is 24.0 Å². The van der Waals surface area contributed by atoms with Crippen LogP contribution in [0.25, 0.3) is 16.5 Å². The number of methoxy groups -OCH3 is 1. The lowest BCUT2D eigenvalue weighted by Crippen LogP contribution is -2.11. The molecule has 1 aliphatic heterocycles. The van der Waals surface area contributed by atoms with Crippen molar-refractivity contribution in [2.24, 2.45) is 0 Å². The van der Waals surface area contributed by atoms with Gasteiger partial charge in [-0.1, -0.05) is 6.07 Å². The molecule has 3 aromatic rings. The van der Waals surface area contributed by atoms with Gasteiger partial charge in [0.05, 0.1) is 19.1 Å². The van der Waals surface area contributed by atoms with Crippen LogP contribution in [-0.2, 0) is 9.53 Å². The van der Waals surface area contributed by atoms with Gasteiger partial charge in [0.1, 0.15) is 5.69 Å². The summed E-state index contributed by atoms with van der Waals surface area (Å²) in [6.07, 6.45) is 4.81. The molecule has 4 rings (SSSR count). The van der Waals surface area contributed by atoms with Crippen molar-refractivity contribution in [3.63, 3.8) is 0 Å². The number of ether oxygens (including phenoxy) is 2. The molecular weight excluding hydrogens is 348 g/mol. The van der Waals surface area contributed by atoms with E-state index in [0.29, 0.717) is 22.3 Å². The minimum atomic E-state index is -0.651. The second-order valence-corrected chi connectivity index (χ2v) is 5.84. The molecule has 0 atom stereocenters. The van der Waals surface area contributed by atoms with Crippen LogP contribution in [0.2, 0.25) is 0 Å². The number of aromatic nitrogens is 1. The summed E-state index contributed by atoms with van der Waals surface area (Å²) < 4.78 is 16.2. The summed E-state index contributed by atoms with van der Waals surface area (Å²) in [5, 5.41) is 3.32. The molecule has 0 spiro atoms. The number of rotatable bonds is 4. The topological polar surface area (TPSA) is 90.7 Å². The highest BCUT2D eigenvalue weighted by atomic mass is 16.5. The Kier molecular flexibility index (Phi) is 4.12. The fourth-order valence-electron chi connectivity index (χ4n) is 3.15. The quantitative estimate of drug-likeness (QED) is 0.714. The third-order valence-corrected chi connectivity index (χ3v) is 4.27. The first-order valence-corrected chi connectivity index (χ1v) is 8.38. The van der Waals surface area contributed by atoms with Crippen molar-refractivity contribution in [1.29, 1.82) is 0 Å². The third-order valence-electron chi connectivity index (χ3n) is 4.27. The van der Waals surface area contributed by atoms with Gasteiger partial charge in [0.15, 0.2) is 11.3 Å². The molecule has 1 N–H and O–H groups in total. The predicted molar refractivity (Wildman–Crippen MR) is 98.7 cm³/mol. The van der Waals surface area contributed by atoms with Crippen LogP contribution < -0.4 is 10.1 Å². The standard InChI is InChI=1S/C20H16N2O5/c1-3-26-20(24)19-17-16-12(6-7-14(25-2)18(16)27-19)13(9-15(23)22-17)11-5-4-8-21-10-11/h4-10H,3H2,1-2H3,(H,22,23). The molecule has 2 aromatic heterocycles. The number of carbonyl (C=O) groups excluding carboxylic acids is 2. The zero-order valence-electron chi connectivity index (χ0n) is 14.7. The van der Waals surface area contributed by atoms with E-state index in [1.807, 2.05) is 12.1 Å². The van der Waals surface area contributed by atoms with Crippen LogP contribution in [-0.4, -0.2) is 30.6 Å². The van der Waals surface area contributed by atoms with Crippen LogP contribution in [0.5, 0.6) is 5.75 Å². The third kappa shape index (κ3) is 2.73. The van der Waals surface area contributed by atoms with Crippen molar-refractivity contribution in [3.05, 3.63) is 59.6 Å². The zero-order chi connectivity index (χ0) is 19.0. The van der Waals surface area contributed by atoms with E-state index in [2.05, 4.69) is 10.3 Å². The Morgan fingerprint density at radius 3 is 2.85 bits per heavy atom. The maximum Gasteiger partial charge on any atom is 0.376 e. The monoisotopic (exact) mass is 364 g/mol. The molecule has 1 aliphatic rings. The smallest absolute Gasteiger partial charge is 0.376 e. The highest BCUT2D eigenvalue weighted by Crippen LogP contribution is 2.44. The number of furan rings is 1. The molecule has 0 fully saturated rings. The average Bonchev–Trinajstić information content (AvgIpc) is 2.98. The summed E-state index contributed by atoms with van der Waals surface area (Å²) in [5.41, 5.74) is 2.81. The van der Waals surface area contributed by atoms with Gasteiger partial charge in [0.2, 0.25) is 11.7 Å². The molecule has 1 aromatic carbocycles. The molecule has 27 heavy (non-hydrogen) atoms. The number of pyridine rings is 1. The van der Waals surface area contributed by atoms with E-state index in [1.165, 1.54) is 13.2 Å². The first-order chi connectivity index (χ1) is 13.1. The Bertz CT molecular complexity index is 1080. The van der Waals surface area contributed by atoms with Gasteiger partial charge in [0, 0.05) is 24.0 Å². The lowest BCUT2D eigenvalue weighted by atomic mass is 9.95. The number of nitrogens with one attached hydrogen (secondary N) is 1. The van der Waals surface area contributed by atoms with Crippen LogP contribution >= 0.6 is 0 Å². The molecule has 0 saturated heterocycles. The summed E-state index contributed by atoms with van der Waals surface area (Å²) in [7, 11) is 1.51. The highest BCUT2D eigenvalue weighted by molar-refractivity contribution is 6.20. The van der Waals surface area contributed by atoms with Gasteiger partial charge in [-0.3, -0.25) is 9.78 Å². The molecule has 7 heteroatoms. The second kappa shape index (κ2) is 6.60. The number of anilines is 1. The average molecular weight is 364 g/mol. The van der Waals surface area contributed by atoms with Gasteiger partial charge in [-0.2, -0.15) is 0 Å². The van der Waals surface area contributed by atoms with Gasteiger partial charge in [0.25, 0.3) is 0 Å². The van der Waals surface area contributed by atoms with E-state index >= 15 is 0 Å². The van der Waals surface area contributed by atoms with Crippen molar-refractivity contribution < 1.29 is 23.5 Å². The number of amides is 1. The summed E-state index contributed by atoms with van der Waals surface area (Å²) >= 11 is 0. The van der Waals surface area contributed by atoms with Crippen LogP contribution in [0.4, 0.5) is 5.69 Å². The lowest BCUT2D eigenvalue weighted by molar-refractivity contribution is -0.111. The number of benzene rings is 1. The van der Waals surface area contributed by atoms with Gasteiger partial charge in [-0.05, 0) is 36.3 Å². The minimum absolute atomic E-state index is 0.0632. The highest BCUT2D eigenvalue weighted by Gasteiger charge is 2.30. The Morgan fingerprint density at radius 1 is 1.30 bits per heavy atom. The van der Waals surface area contributed by atoms with Crippen molar-refractivity contribution in [2.45, 2.75) is 6.92 Å². The molecule has 0 bridgehead atoms. The number of hydrogen-bond acceptors (Lipinski definition) is 6. The summed E-state index contributed by atoms with van der Waals surface area (Å²) in [4.78, 5) is 29.0. The fraction of sp³-hybridized carbons (Fsp3) is 0.150. The molecule has 136 valence electrons. The molecule has 0 saturated carbocycles. The van der Waals surface area contributed by atoms with Gasteiger partial charge in [-0.15, -0.1) is 0 Å². The normalized spacial score (nSPS) is 13.0. The summed E-state index contributed by atoms with van der Waals surface area (Å²) in [6, 6.07) is 7.22. The first-order valence-electron chi connectivity index (χ1n) is 8.38. The number of nitrogens with zero attached hydrogens (tertiary/aromatic N) is 1. The van der Waals surface area contributed by atoms with Crippen LogP contribution in [0.1, 0.15) is 28.6 Å². The lowest BCUT2D eigenvalue weighted by Gasteiger charge is -2.09. The Hall–Kier alpha value is -3.61. The maximum absolute atomic E-state index is 12.5. The molecule has 0 radical (unpaired) electrons. The van der Waals surface area contributed by atoms with E-state index in [1.54, 1.807) is 31.5 Å². The van der Waals surface area contributed by atoms with Crippen molar-refractivity contribution in [3.8, 4) is 5.75 Å². The first kappa shape index (κ1) is 16.8. The van der Waals surface area contributed by atoms with Gasteiger partial charge in [-0.25, -0.2) is 4.79 Å². The van der Waals surface area contributed by atoms with Crippen molar-refractivity contribution in [2.75, 3.05) is 19.0 Å². The van der Waals surface area contributed by atoms with E-state index in [4.69, 9.17) is 13.9 Å². The number of hydrogen-bond donors (Lipinski definition) is 1. The number of esters is 1. The molecule has 0 unspecified atom stereocenters. The largest absolute Gasteiger partial charge is 0.493 e. The number of carbonyl (C=O) groups is 2. The fourth-order valence-corrected chi connectivity index (χ4v) is 3.15. The van der Waals surface area contributed by atoms with Crippen LogP contribution in [0, 0.1) is 0 Å². The van der Waals surface area contributed by atoms with Crippen molar-refractivity contribution in [1.82, 2.24) is 4.98 Å². The van der Waals surface area contributed by atoms with Gasteiger partial charge < -0.3 is 19.2 Å². The second-order valence-electron chi connectivity index (χ2n) is 5.84.